The molecule has 0 radical (unpaired) electrons. The highest BCUT2D eigenvalue weighted by atomic mass is 35.5. The molecular formula is C16H17Cl2NO. The van der Waals surface area contributed by atoms with E-state index in [0.717, 1.165) is 16.7 Å². The molecule has 0 aliphatic rings. The van der Waals surface area contributed by atoms with Gasteiger partial charge in [0, 0.05) is 22.6 Å². The Morgan fingerprint density at radius 1 is 1.05 bits per heavy atom. The highest BCUT2D eigenvalue weighted by Crippen LogP contribution is 2.23. The molecule has 0 amide bonds. The van der Waals surface area contributed by atoms with Gasteiger partial charge in [-0.3, -0.25) is 0 Å². The van der Waals surface area contributed by atoms with Crippen LogP contribution in [0.5, 0.6) is 0 Å². The molecule has 1 atom stereocenters. The summed E-state index contributed by atoms with van der Waals surface area (Å²) in [6.45, 7) is 2.79. The van der Waals surface area contributed by atoms with Crippen molar-refractivity contribution in [3.05, 3.63) is 69.2 Å². The lowest BCUT2D eigenvalue weighted by molar-refractivity contribution is 0.280. The minimum atomic E-state index is 0.0508. The SMILES string of the molecule is CC(NCc1ccccc1CO)c1cc(Cl)cc(Cl)c1. The quantitative estimate of drug-likeness (QED) is 0.861. The van der Waals surface area contributed by atoms with Gasteiger partial charge in [0.25, 0.3) is 0 Å². The van der Waals surface area contributed by atoms with Crippen LogP contribution in [0.4, 0.5) is 0 Å². The number of benzene rings is 2. The van der Waals surface area contributed by atoms with E-state index < -0.39 is 0 Å². The molecular weight excluding hydrogens is 293 g/mol. The number of hydrogen-bond donors (Lipinski definition) is 2. The van der Waals surface area contributed by atoms with Gasteiger partial charge in [0.05, 0.1) is 6.61 Å². The Hall–Kier alpha value is -1.06. The second-order valence-corrected chi connectivity index (χ2v) is 5.61. The summed E-state index contributed by atoms with van der Waals surface area (Å²) in [5, 5.41) is 14.0. The lowest BCUT2D eigenvalue weighted by atomic mass is 10.1. The average molecular weight is 310 g/mol. The lowest BCUT2D eigenvalue weighted by Crippen LogP contribution is -2.19. The molecule has 0 spiro atoms. The van der Waals surface area contributed by atoms with Gasteiger partial charge in [-0.25, -0.2) is 0 Å². The van der Waals surface area contributed by atoms with E-state index in [-0.39, 0.29) is 12.6 Å². The van der Waals surface area contributed by atoms with Crippen LogP contribution in [0.1, 0.15) is 29.7 Å². The van der Waals surface area contributed by atoms with Crippen molar-refractivity contribution in [3.8, 4) is 0 Å². The second kappa shape index (κ2) is 7.09. The summed E-state index contributed by atoms with van der Waals surface area (Å²) >= 11 is 12.0. The molecule has 2 aromatic rings. The first kappa shape index (κ1) is 15.3. The van der Waals surface area contributed by atoms with Crippen molar-refractivity contribution in [2.75, 3.05) is 0 Å². The maximum atomic E-state index is 9.31. The van der Waals surface area contributed by atoms with Gasteiger partial charge in [-0.1, -0.05) is 47.5 Å². The summed E-state index contributed by atoms with van der Waals surface area (Å²) in [6.07, 6.45) is 0. The molecule has 4 heteroatoms. The van der Waals surface area contributed by atoms with Crippen molar-refractivity contribution >= 4 is 23.2 Å². The molecule has 0 aromatic heterocycles. The van der Waals surface area contributed by atoms with Gasteiger partial charge in [0.15, 0.2) is 0 Å². The van der Waals surface area contributed by atoms with Crippen molar-refractivity contribution in [1.82, 2.24) is 5.32 Å². The predicted molar refractivity (Wildman–Crippen MR) is 84.1 cm³/mol. The summed E-state index contributed by atoms with van der Waals surface area (Å²) in [7, 11) is 0. The normalized spacial score (nSPS) is 12.4. The fourth-order valence-electron chi connectivity index (χ4n) is 2.09. The minimum absolute atomic E-state index is 0.0508. The molecule has 2 aromatic carbocycles. The van der Waals surface area contributed by atoms with Gasteiger partial charge in [0.1, 0.15) is 0 Å². The Kier molecular flexibility index (Phi) is 5.44. The van der Waals surface area contributed by atoms with Crippen LogP contribution in [0, 0.1) is 0 Å². The Morgan fingerprint density at radius 2 is 1.65 bits per heavy atom. The van der Waals surface area contributed by atoms with Crippen molar-refractivity contribution < 1.29 is 5.11 Å². The Balaban J connectivity index is 2.06. The first-order valence-corrected chi connectivity index (χ1v) is 7.22. The zero-order valence-electron chi connectivity index (χ0n) is 11.2. The number of aliphatic hydroxyl groups is 1. The third-order valence-electron chi connectivity index (χ3n) is 3.27. The third kappa shape index (κ3) is 3.97. The number of halogens is 2. The highest BCUT2D eigenvalue weighted by molar-refractivity contribution is 6.34. The summed E-state index contributed by atoms with van der Waals surface area (Å²) in [5.41, 5.74) is 3.08. The number of nitrogens with one attached hydrogen (secondary N) is 1. The fraction of sp³-hybridized carbons (Fsp3) is 0.250. The largest absolute Gasteiger partial charge is 0.392 e. The second-order valence-electron chi connectivity index (χ2n) is 4.73. The topological polar surface area (TPSA) is 32.3 Å². The fourth-order valence-corrected chi connectivity index (χ4v) is 2.63. The molecule has 2 rings (SSSR count). The monoisotopic (exact) mass is 309 g/mol. The highest BCUT2D eigenvalue weighted by Gasteiger charge is 2.08. The molecule has 0 fully saturated rings. The average Bonchev–Trinajstić information content (AvgIpc) is 2.44. The van der Waals surface area contributed by atoms with Crippen LogP contribution in [0.25, 0.3) is 0 Å². The van der Waals surface area contributed by atoms with Crippen LogP contribution in [-0.4, -0.2) is 5.11 Å². The molecule has 1 unspecified atom stereocenters. The molecule has 2 nitrogen and oxygen atoms in total. The van der Waals surface area contributed by atoms with Crippen LogP contribution in [0.15, 0.2) is 42.5 Å². The zero-order chi connectivity index (χ0) is 14.5. The van der Waals surface area contributed by atoms with Crippen LogP contribution >= 0.6 is 23.2 Å². The van der Waals surface area contributed by atoms with Crippen LogP contribution < -0.4 is 5.32 Å². The van der Waals surface area contributed by atoms with Gasteiger partial charge in [-0.2, -0.15) is 0 Å². The Bertz CT molecular complexity index is 566. The van der Waals surface area contributed by atoms with Gasteiger partial charge in [-0.15, -0.1) is 0 Å². The molecule has 0 aliphatic carbocycles. The van der Waals surface area contributed by atoms with E-state index in [2.05, 4.69) is 12.2 Å². The van der Waals surface area contributed by atoms with E-state index in [9.17, 15) is 5.11 Å². The van der Waals surface area contributed by atoms with Crippen molar-refractivity contribution in [2.45, 2.75) is 26.1 Å². The van der Waals surface area contributed by atoms with E-state index in [1.807, 2.05) is 36.4 Å². The molecule has 0 saturated carbocycles. The number of rotatable bonds is 5. The van der Waals surface area contributed by atoms with E-state index in [4.69, 9.17) is 23.2 Å². The van der Waals surface area contributed by atoms with E-state index in [1.165, 1.54) is 0 Å². The molecule has 20 heavy (non-hydrogen) atoms. The number of hydrogen-bond acceptors (Lipinski definition) is 2. The minimum Gasteiger partial charge on any atom is -0.392 e. The summed E-state index contributed by atoms with van der Waals surface area (Å²) in [4.78, 5) is 0. The lowest BCUT2D eigenvalue weighted by Gasteiger charge is -2.16. The Labute approximate surface area is 129 Å². The van der Waals surface area contributed by atoms with E-state index in [1.54, 1.807) is 6.07 Å². The summed E-state index contributed by atoms with van der Waals surface area (Å²) in [5.74, 6) is 0. The van der Waals surface area contributed by atoms with E-state index >= 15 is 0 Å². The maximum Gasteiger partial charge on any atom is 0.0685 e. The standard InChI is InChI=1S/C16H17Cl2NO/c1-11(14-6-15(17)8-16(18)7-14)19-9-12-4-2-3-5-13(12)10-20/h2-8,11,19-20H,9-10H2,1H3. The van der Waals surface area contributed by atoms with E-state index in [0.29, 0.717) is 16.6 Å². The summed E-state index contributed by atoms with van der Waals surface area (Å²) < 4.78 is 0. The molecule has 0 aliphatic heterocycles. The molecule has 2 N–H and O–H groups in total. The third-order valence-corrected chi connectivity index (χ3v) is 3.71. The molecule has 106 valence electrons. The van der Waals surface area contributed by atoms with Gasteiger partial charge < -0.3 is 10.4 Å². The molecule has 0 heterocycles. The van der Waals surface area contributed by atoms with Gasteiger partial charge >= 0.3 is 0 Å². The molecule has 0 saturated heterocycles. The van der Waals surface area contributed by atoms with Gasteiger partial charge in [0.2, 0.25) is 0 Å². The van der Waals surface area contributed by atoms with Crippen molar-refractivity contribution in [3.63, 3.8) is 0 Å². The van der Waals surface area contributed by atoms with Gasteiger partial charge in [-0.05, 0) is 41.8 Å². The maximum absolute atomic E-state index is 9.31. The first-order valence-electron chi connectivity index (χ1n) is 6.47. The van der Waals surface area contributed by atoms with Crippen molar-refractivity contribution in [2.24, 2.45) is 0 Å². The van der Waals surface area contributed by atoms with Crippen LogP contribution in [0.2, 0.25) is 10.0 Å². The smallest absolute Gasteiger partial charge is 0.0685 e. The van der Waals surface area contributed by atoms with Crippen LogP contribution in [0.3, 0.4) is 0 Å². The van der Waals surface area contributed by atoms with Crippen molar-refractivity contribution in [1.29, 1.82) is 0 Å². The predicted octanol–water partition coefficient (Wildman–Crippen LogP) is 4.34. The number of aliphatic hydroxyl groups excluding tert-OH is 1. The summed E-state index contributed by atoms with van der Waals surface area (Å²) in [6, 6.07) is 13.5. The molecule has 0 bridgehead atoms. The zero-order valence-corrected chi connectivity index (χ0v) is 12.7. The Morgan fingerprint density at radius 3 is 2.25 bits per heavy atom. The first-order chi connectivity index (χ1) is 9.60. The van der Waals surface area contributed by atoms with Crippen LogP contribution in [-0.2, 0) is 13.2 Å².